The molecule has 0 aliphatic carbocycles. The molecule has 0 atom stereocenters. The maximum Gasteiger partial charge on any atom is 0.152 e. The van der Waals surface area contributed by atoms with Gasteiger partial charge in [-0.05, 0) is 57.6 Å². The molecule has 0 aromatic heterocycles. The smallest absolute Gasteiger partial charge is 0.152 e. The number of nitrogens with zero attached hydrogens (tertiary/aromatic N) is 1. The molecule has 2 nitrogen and oxygen atoms in total. The molecule has 1 heterocycles. The summed E-state index contributed by atoms with van der Waals surface area (Å²) in [5.74, 6) is -0.449. The first-order valence-corrected chi connectivity index (χ1v) is 6.53. The lowest BCUT2D eigenvalue weighted by Gasteiger charge is -2.01. The van der Waals surface area contributed by atoms with E-state index in [0.29, 0.717) is 6.29 Å². The Morgan fingerprint density at radius 1 is 1.22 bits per heavy atom. The van der Waals surface area contributed by atoms with E-state index in [-0.39, 0.29) is 5.56 Å². The number of hydrogen-bond donors (Lipinski definition) is 0. The first-order valence-electron chi connectivity index (χ1n) is 6.53. The molecule has 0 bridgehead atoms. The Kier molecular flexibility index (Phi) is 9.11. The van der Waals surface area contributed by atoms with Crippen molar-refractivity contribution in [3.8, 4) is 0 Å². The Hall–Kier alpha value is -1.22. The Labute approximate surface area is 110 Å². The minimum atomic E-state index is -0.449. The largest absolute Gasteiger partial charge is 0.306 e. The number of aldehydes is 1. The van der Waals surface area contributed by atoms with Crippen molar-refractivity contribution in [1.82, 2.24) is 4.90 Å². The fourth-order valence-electron chi connectivity index (χ4n) is 1.60. The molecule has 2 rings (SSSR count). The second-order valence-corrected chi connectivity index (χ2v) is 4.15. The molecule has 0 spiro atoms. The third-order valence-electron chi connectivity index (χ3n) is 2.61. The van der Waals surface area contributed by atoms with Crippen LogP contribution in [0.1, 0.15) is 42.6 Å². The number of benzene rings is 1. The lowest BCUT2D eigenvalue weighted by atomic mass is 10.1. The minimum absolute atomic E-state index is 0.116. The summed E-state index contributed by atoms with van der Waals surface area (Å²) in [4.78, 5) is 12.5. The minimum Gasteiger partial charge on any atom is -0.306 e. The standard InChI is InChI=1S/C8H7FO.C5H11N.C2H6/c1-6-2-3-7(5-10)8(9)4-6;1-6-4-2-3-5-6;1-2/h2-5H,1H3;2-5H2,1H3;1-2H3. The van der Waals surface area contributed by atoms with Crippen molar-refractivity contribution in [1.29, 1.82) is 0 Å². The molecule has 1 fully saturated rings. The molecule has 1 aromatic carbocycles. The van der Waals surface area contributed by atoms with Gasteiger partial charge in [-0.3, -0.25) is 4.79 Å². The number of aryl methyl sites for hydroxylation is 1. The molecule has 3 heteroatoms. The van der Waals surface area contributed by atoms with Crippen LogP contribution in [0.25, 0.3) is 0 Å². The predicted molar refractivity (Wildman–Crippen MR) is 74.6 cm³/mol. The summed E-state index contributed by atoms with van der Waals surface area (Å²) in [5, 5.41) is 0. The van der Waals surface area contributed by atoms with Gasteiger partial charge in [0.15, 0.2) is 6.29 Å². The van der Waals surface area contributed by atoms with Gasteiger partial charge in [-0.2, -0.15) is 0 Å². The van der Waals surface area contributed by atoms with E-state index < -0.39 is 5.82 Å². The van der Waals surface area contributed by atoms with E-state index in [1.165, 1.54) is 38.1 Å². The van der Waals surface area contributed by atoms with Crippen LogP contribution in [0.5, 0.6) is 0 Å². The van der Waals surface area contributed by atoms with Crippen molar-refractivity contribution >= 4 is 6.29 Å². The third kappa shape index (κ3) is 6.50. The van der Waals surface area contributed by atoms with Gasteiger partial charge in [0.05, 0.1) is 5.56 Å². The molecular weight excluding hydrogens is 229 g/mol. The predicted octanol–water partition coefficient (Wildman–Crippen LogP) is 3.68. The van der Waals surface area contributed by atoms with Crippen LogP contribution in [0.4, 0.5) is 4.39 Å². The van der Waals surface area contributed by atoms with Crippen molar-refractivity contribution in [2.75, 3.05) is 20.1 Å². The molecule has 1 aliphatic rings. The highest BCUT2D eigenvalue weighted by molar-refractivity contribution is 5.75. The Balaban J connectivity index is 0.000000308. The van der Waals surface area contributed by atoms with E-state index in [4.69, 9.17) is 0 Å². The summed E-state index contributed by atoms with van der Waals surface area (Å²) in [6.07, 6.45) is 3.34. The molecule has 1 saturated heterocycles. The van der Waals surface area contributed by atoms with Crippen molar-refractivity contribution in [3.05, 3.63) is 35.1 Å². The van der Waals surface area contributed by atoms with Crippen LogP contribution >= 0.6 is 0 Å². The summed E-state index contributed by atoms with van der Waals surface area (Å²) in [7, 11) is 2.17. The van der Waals surface area contributed by atoms with E-state index in [2.05, 4.69) is 11.9 Å². The molecule has 0 amide bonds. The maximum absolute atomic E-state index is 12.6. The first kappa shape index (κ1) is 16.8. The van der Waals surface area contributed by atoms with Crippen LogP contribution in [0.3, 0.4) is 0 Å². The fraction of sp³-hybridized carbons (Fsp3) is 0.533. The number of hydrogen-bond acceptors (Lipinski definition) is 2. The van der Waals surface area contributed by atoms with Crippen LogP contribution in [-0.4, -0.2) is 31.3 Å². The summed E-state index contributed by atoms with van der Waals surface area (Å²) in [5.41, 5.74) is 0.939. The van der Waals surface area contributed by atoms with Gasteiger partial charge in [0.25, 0.3) is 0 Å². The average molecular weight is 253 g/mol. The molecule has 0 N–H and O–H groups in total. The lowest BCUT2D eigenvalue weighted by molar-refractivity contribution is 0.112. The lowest BCUT2D eigenvalue weighted by Crippen LogP contribution is -2.10. The molecule has 0 unspecified atom stereocenters. The van der Waals surface area contributed by atoms with E-state index >= 15 is 0 Å². The van der Waals surface area contributed by atoms with Gasteiger partial charge in [-0.15, -0.1) is 0 Å². The molecule has 1 aliphatic heterocycles. The molecule has 0 saturated carbocycles. The highest BCUT2D eigenvalue weighted by Crippen LogP contribution is 2.06. The van der Waals surface area contributed by atoms with Gasteiger partial charge in [-0.25, -0.2) is 4.39 Å². The number of carbonyl (C=O) groups excluding carboxylic acids is 1. The van der Waals surface area contributed by atoms with Gasteiger partial charge in [0, 0.05) is 0 Å². The van der Waals surface area contributed by atoms with Crippen LogP contribution < -0.4 is 0 Å². The second kappa shape index (κ2) is 9.77. The summed E-state index contributed by atoms with van der Waals surface area (Å²) in [6.45, 7) is 8.41. The average Bonchev–Trinajstić information content (AvgIpc) is 2.84. The Morgan fingerprint density at radius 2 is 1.78 bits per heavy atom. The van der Waals surface area contributed by atoms with Gasteiger partial charge in [0.1, 0.15) is 5.82 Å². The number of likely N-dealkylation sites (tertiary alicyclic amines) is 1. The van der Waals surface area contributed by atoms with Crippen LogP contribution in [0.15, 0.2) is 18.2 Å². The van der Waals surface area contributed by atoms with Gasteiger partial charge >= 0.3 is 0 Å². The van der Waals surface area contributed by atoms with E-state index in [0.717, 1.165) is 5.56 Å². The zero-order chi connectivity index (χ0) is 14.0. The van der Waals surface area contributed by atoms with Crippen molar-refractivity contribution in [2.45, 2.75) is 33.6 Å². The molecular formula is C15H24FNO. The second-order valence-electron chi connectivity index (χ2n) is 4.15. The fourth-order valence-corrected chi connectivity index (χ4v) is 1.60. The highest BCUT2D eigenvalue weighted by Gasteiger charge is 2.03. The zero-order valence-corrected chi connectivity index (χ0v) is 11.9. The van der Waals surface area contributed by atoms with Crippen LogP contribution in [-0.2, 0) is 0 Å². The molecule has 0 radical (unpaired) electrons. The molecule has 18 heavy (non-hydrogen) atoms. The SMILES string of the molecule is CC.CN1CCCC1.Cc1ccc(C=O)c(F)c1. The highest BCUT2D eigenvalue weighted by atomic mass is 19.1. The number of carbonyl (C=O) groups is 1. The zero-order valence-electron chi connectivity index (χ0n) is 11.9. The van der Waals surface area contributed by atoms with Crippen molar-refractivity contribution in [2.24, 2.45) is 0 Å². The third-order valence-corrected chi connectivity index (χ3v) is 2.61. The summed E-state index contributed by atoms with van der Waals surface area (Å²) >= 11 is 0. The normalized spacial score (nSPS) is 14.1. The quantitative estimate of drug-likeness (QED) is 0.711. The Morgan fingerprint density at radius 3 is 2.11 bits per heavy atom. The van der Waals surface area contributed by atoms with E-state index in [1.807, 2.05) is 13.8 Å². The maximum atomic E-state index is 12.6. The molecule has 1 aromatic rings. The Bertz CT molecular complexity index is 346. The van der Waals surface area contributed by atoms with Crippen LogP contribution in [0.2, 0.25) is 0 Å². The first-order chi connectivity index (χ1) is 8.63. The molecule has 102 valence electrons. The number of rotatable bonds is 1. The topological polar surface area (TPSA) is 20.3 Å². The number of halogens is 1. The monoisotopic (exact) mass is 253 g/mol. The van der Waals surface area contributed by atoms with Gasteiger partial charge < -0.3 is 4.90 Å². The van der Waals surface area contributed by atoms with Gasteiger partial charge in [-0.1, -0.05) is 19.9 Å². The van der Waals surface area contributed by atoms with E-state index in [9.17, 15) is 9.18 Å². The summed E-state index contributed by atoms with van der Waals surface area (Å²) < 4.78 is 12.6. The van der Waals surface area contributed by atoms with Crippen molar-refractivity contribution in [3.63, 3.8) is 0 Å². The van der Waals surface area contributed by atoms with Crippen molar-refractivity contribution < 1.29 is 9.18 Å². The summed E-state index contributed by atoms with van der Waals surface area (Å²) in [6, 6.07) is 4.51. The van der Waals surface area contributed by atoms with E-state index in [1.54, 1.807) is 13.0 Å². The van der Waals surface area contributed by atoms with Crippen LogP contribution in [0, 0.1) is 12.7 Å². The van der Waals surface area contributed by atoms with Gasteiger partial charge in [0.2, 0.25) is 0 Å².